The maximum absolute atomic E-state index is 5.51. The molecule has 1 aliphatic carbocycles. The Kier molecular flexibility index (Phi) is 5.10. The molecule has 3 aromatic carbocycles. The van der Waals surface area contributed by atoms with E-state index >= 15 is 0 Å². The lowest BCUT2D eigenvalue weighted by Crippen LogP contribution is -2.49. The number of benzene rings is 3. The van der Waals surface area contributed by atoms with E-state index in [9.17, 15) is 0 Å². The molecule has 1 aliphatic heterocycles. The second kappa shape index (κ2) is 7.77. The van der Waals surface area contributed by atoms with Gasteiger partial charge >= 0.3 is 0 Å². The Morgan fingerprint density at radius 3 is 2.33 bits per heavy atom. The fourth-order valence-corrected chi connectivity index (χ4v) is 5.39. The summed E-state index contributed by atoms with van der Waals surface area (Å²) in [6, 6.07) is 24.7. The number of anilines is 1. The van der Waals surface area contributed by atoms with Gasteiger partial charge in [0.15, 0.2) is 0 Å². The lowest BCUT2D eigenvalue weighted by atomic mass is 9.76. The second-order valence-corrected chi connectivity index (χ2v) is 9.64. The van der Waals surface area contributed by atoms with Gasteiger partial charge in [-0.05, 0) is 90.8 Å². The second-order valence-electron chi connectivity index (χ2n) is 8.72. The van der Waals surface area contributed by atoms with Crippen LogP contribution in [0.25, 0.3) is 0 Å². The Labute approximate surface area is 188 Å². The Balaban J connectivity index is 1.61. The Morgan fingerprint density at radius 1 is 0.967 bits per heavy atom. The summed E-state index contributed by atoms with van der Waals surface area (Å²) in [7, 11) is 1.74. The van der Waals surface area contributed by atoms with Gasteiger partial charge in [-0.2, -0.15) is 0 Å². The number of hydrogen-bond acceptors (Lipinski definition) is 2. The minimum atomic E-state index is -0.238. The molecular formula is C27H28BrNO. The van der Waals surface area contributed by atoms with Crippen molar-refractivity contribution in [1.82, 2.24) is 0 Å². The van der Waals surface area contributed by atoms with E-state index in [1.165, 1.54) is 47.2 Å². The quantitative estimate of drug-likeness (QED) is 0.412. The molecule has 3 heteroatoms. The predicted molar refractivity (Wildman–Crippen MR) is 128 cm³/mol. The van der Waals surface area contributed by atoms with Gasteiger partial charge in [-0.3, -0.25) is 0 Å². The molecule has 30 heavy (non-hydrogen) atoms. The van der Waals surface area contributed by atoms with Crippen molar-refractivity contribution in [3.05, 3.63) is 93.5 Å². The summed E-state index contributed by atoms with van der Waals surface area (Å²) < 4.78 is 6.62. The topological polar surface area (TPSA) is 12.5 Å². The van der Waals surface area contributed by atoms with E-state index in [1.807, 2.05) is 0 Å². The summed E-state index contributed by atoms with van der Waals surface area (Å²) >= 11 is 3.60. The first-order valence-electron chi connectivity index (χ1n) is 10.9. The lowest BCUT2D eigenvalue weighted by Gasteiger charge is -2.48. The molecule has 0 spiro atoms. The molecule has 0 bridgehead atoms. The summed E-state index contributed by atoms with van der Waals surface area (Å²) in [5, 5.41) is 0. The van der Waals surface area contributed by atoms with Gasteiger partial charge in [0, 0.05) is 16.7 Å². The van der Waals surface area contributed by atoms with Crippen LogP contribution < -0.4 is 9.64 Å². The zero-order chi connectivity index (χ0) is 20.7. The van der Waals surface area contributed by atoms with E-state index in [4.69, 9.17) is 4.74 Å². The standard InChI is InChI=1S/C27H28BrNO/c1-27(22-8-10-23(28)11-9-22)26-15-14-25(30-2)18-21(26)16-17-29(27)24-12-6-20(7-13-24)19-4-3-5-19/h6-15,18-19H,3-5,16-17H2,1-2H3. The monoisotopic (exact) mass is 461 g/mol. The molecule has 5 rings (SSSR count). The van der Waals surface area contributed by atoms with E-state index in [-0.39, 0.29) is 5.54 Å². The predicted octanol–water partition coefficient (Wildman–Crippen LogP) is 7.05. The molecule has 1 atom stereocenters. The first-order valence-corrected chi connectivity index (χ1v) is 11.7. The number of nitrogens with zero attached hydrogens (tertiary/aromatic N) is 1. The van der Waals surface area contributed by atoms with Crippen LogP contribution in [0, 0.1) is 0 Å². The van der Waals surface area contributed by atoms with Gasteiger partial charge in [-0.1, -0.05) is 52.7 Å². The summed E-state index contributed by atoms with van der Waals surface area (Å²) in [5.41, 5.74) is 6.60. The fourth-order valence-electron chi connectivity index (χ4n) is 5.12. The van der Waals surface area contributed by atoms with Crippen LogP contribution in [0.5, 0.6) is 5.75 Å². The van der Waals surface area contributed by atoms with Crippen LogP contribution in [0.3, 0.4) is 0 Å². The minimum absolute atomic E-state index is 0.238. The molecule has 2 aliphatic rings. The van der Waals surface area contributed by atoms with Gasteiger partial charge in [0.25, 0.3) is 0 Å². The molecule has 3 aromatic rings. The maximum atomic E-state index is 5.51. The SMILES string of the molecule is COc1ccc2c(c1)CCN(c1ccc(C3CCC3)cc1)C2(C)c1ccc(Br)cc1. The molecule has 1 unspecified atom stereocenters. The molecule has 0 saturated heterocycles. The van der Waals surface area contributed by atoms with Crippen molar-refractivity contribution < 1.29 is 4.74 Å². The van der Waals surface area contributed by atoms with Gasteiger partial charge in [-0.25, -0.2) is 0 Å². The molecule has 2 nitrogen and oxygen atoms in total. The average Bonchev–Trinajstić information content (AvgIpc) is 2.73. The summed E-state index contributed by atoms with van der Waals surface area (Å²) in [5.74, 6) is 1.71. The molecule has 0 aromatic heterocycles. The Morgan fingerprint density at radius 2 is 1.70 bits per heavy atom. The van der Waals surface area contributed by atoms with Gasteiger partial charge in [0.2, 0.25) is 0 Å². The zero-order valence-electron chi connectivity index (χ0n) is 17.7. The summed E-state index contributed by atoms with van der Waals surface area (Å²) in [6.45, 7) is 3.34. The first-order chi connectivity index (χ1) is 14.6. The van der Waals surface area contributed by atoms with E-state index in [0.29, 0.717) is 0 Å². The molecular weight excluding hydrogens is 434 g/mol. The van der Waals surface area contributed by atoms with Crippen LogP contribution in [-0.2, 0) is 12.0 Å². The number of rotatable bonds is 4. The highest BCUT2D eigenvalue weighted by atomic mass is 79.9. The molecule has 1 heterocycles. The largest absolute Gasteiger partial charge is 0.497 e. The van der Waals surface area contributed by atoms with Crippen molar-refractivity contribution in [2.45, 2.75) is 44.1 Å². The number of fused-ring (bicyclic) bond motifs is 1. The van der Waals surface area contributed by atoms with Crippen molar-refractivity contribution in [1.29, 1.82) is 0 Å². The van der Waals surface area contributed by atoms with Crippen molar-refractivity contribution in [3.8, 4) is 5.75 Å². The van der Waals surface area contributed by atoms with Crippen LogP contribution in [0.2, 0.25) is 0 Å². The first kappa shape index (κ1) is 19.7. The third-order valence-electron chi connectivity index (χ3n) is 7.17. The Hall–Kier alpha value is -2.26. The van der Waals surface area contributed by atoms with Gasteiger partial charge in [-0.15, -0.1) is 0 Å². The van der Waals surface area contributed by atoms with Crippen LogP contribution >= 0.6 is 15.9 Å². The summed E-state index contributed by atoms with van der Waals surface area (Å²) in [4.78, 5) is 2.58. The van der Waals surface area contributed by atoms with E-state index in [1.54, 1.807) is 7.11 Å². The number of ether oxygens (including phenoxy) is 1. The summed E-state index contributed by atoms with van der Waals surface area (Å²) in [6.07, 6.45) is 5.08. The van der Waals surface area contributed by atoms with Crippen molar-refractivity contribution in [2.24, 2.45) is 0 Å². The van der Waals surface area contributed by atoms with E-state index < -0.39 is 0 Å². The lowest BCUT2D eigenvalue weighted by molar-refractivity contribution is 0.411. The third kappa shape index (κ3) is 3.24. The van der Waals surface area contributed by atoms with Crippen molar-refractivity contribution in [2.75, 3.05) is 18.6 Å². The van der Waals surface area contributed by atoms with Crippen molar-refractivity contribution >= 4 is 21.6 Å². The molecule has 1 fully saturated rings. The van der Waals surface area contributed by atoms with Gasteiger partial charge in [0.05, 0.1) is 12.6 Å². The van der Waals surface area contributed by atoms with Gasteiger partial charge < -0.3 is 9.64 Å². The zero-order valence-corrected chi connectivity index (χ0v) is 19.3. The number of methoxy groups -OCH3 is 1. The molecule has 0 radical (unpaired) electrons. The fraction of sp³-hybridized carbons (Fsp3) is 0.333. The van der Waals surface area contributed by atoms with E-state index in [0.717, 1.165) is 29.1 Å². The van der Waals surface area contributed by atoms with Crippen LogP contribution in [-0.4, -0.2) is 13.7 Å². The van der Waals surface area contributed by atoms with Crippen LogP contribution in [0.4, 0.5) is 5.69 Å². The average molecular weight is 462 g/mol. The van der Waals surface area contributed by atoms with Crippen LogP contribution in [0.1, 0.15) is 54.4 Å². The molecule has 0 N–H and O–H groups in total. The van der Waals surface area contributed by atoms with Crippen molar-refractivity contribution in [3.63, 3.8) is 0 Å². The van der Waals surface area contributed by atoms with Gasteiger partial charge in [0.1, 0.15) is 5.75 Å². The normalized spacial score (nSPS) is 21.1. The van der Waals surface area contributed by atoms with E-state index in [2.05, 4.69) is 94.5 Å². The minimum Gasteiger partial charge on any atom is -0.497 e. The molecule has 1 saturated carbocycles. The molecule has 0 amide bonds. The number of halogens is 1. The highest BCUT2D eigenvalue weighted by Crippen LogP contribution is 2.45. The smallest absolute Gasteiger partial charge is 0.119 e. The maximum Gasteiger partial charge on any atom is 0.119 e. The highest BCUT2D eigenvalue weighted by Gasteiger charge is 2.40. The Bertz CT molecular complexity index is 1040. The number of hydrogen-bond donors (Lipinski definition) is 0. The highest BCUT2D eigenvalue weighted by molar-refractivity contribution is 9.10. The van der Waals surface area contributed by atoms with Crippen LogP contribution in [0.15, 0.2) is 71.2 Å². The third-order valence-corrected chi connectivity index (χ3v) is 7.70. The molecule has 154 valence electrons.